The van der Waals surface area contributed by atoms with Crippen LogP contribution in [0.4, 0.5) is 0 Å². The molecule has 3 saturated heterocycles. The molecule has 0 amide bonds. The maximum absolute atomic E-state index is 13.7. The number of benzene rings is 1. The minimum Gasteiger partial charge on any atom is -0.374 e. The second-order valence-corrected chi connectivity index (χ2v) is 16.8. The monoisotopic (exact) mass is 742 g/mol. The molecule has 0 bridgehead atoms. The summed E-state index contributed by atoms with van der Waals surface area (Å²) in [6.07, 6.45) is 9.12. The summed E-state index contributed by atoms with van der Waals surface area (Å²) in [5, 5.41) is 0. The first-order valence-corrected chi connectivity index (χ1v) is 20.1. The molecule has 0 saturated carbocycles. The van der Waals surface area contributed by atoms with Gasteiger partial charge in [0, 0.05) is 23.2 Å². The summed E-state index contributed by atoms with van der Waals surface area (Å²) in [7, 11) is -3.52. The van der Waals surface area contributed by atoms with Crippen molar-refractivity contribution in [2.75, 3.05) is 10.2 Å². The van der Waals surface area contributed by atoms with Crippen LogP contribution in [0, 0.1) is 23.7 Å². The molecule has 3 heterocycles. The lowest BCUT2D eigenvalue weighted by atomic mass is 9.82. The van der Waals surface area contributed by atoms with Crippen LogP contribution < -0.4 is 0 Å². The SMILES string of the molecule is C=C(C(=O)CC1O[C@H](C[C@H](C)CC)[C@H](C)[C@H]1CS(=O)(=O)c1ccccc1)[C@H](C)C[C@H]1CC[C@@H]2O[C@@H](CCCC)C[C@]2(CI)O1. The van der Waals surface area contributed by atoms with Gasteiger partial charge in [0.15, 0.2) is 15.6 Å². The Morgan fingerprint density at radius 1 is 1.07 bits per heavy atom. The Kier molecular flexibility index (Phi) is 13.0. The van der Waals surface area contributed by atoms with E-state index in [9.17, 15) is 13.2 Å². The molecule has 0 aromatic heterocycles. The van der Waals surface area contributed by atoms with Crippen molar-refractivity contribution in [1.29, 1.82) is 0 Å². The summed E-state index contributed by atoms with van der Waals surface area (Å²) in [5.74, 6) is 0.162. The molecule has 1 unspecified atom stereocenters. The Morgan fingerprint density at radius 2 is 1.80 bits per heavy atom. The number of ether oxygens (including phenoxy) is 3. The van der Waals surface area contributed by atoms with Crippen LogP contribution in [0.3, 0.4) is 0 Å². The summed E-state index contributed by atoms with van der Waals surface area (Å²) >= 11 is 2.45. The lowest BCUT2D eigenvalue weighted by molar-refractivity contribution is -0.155. The molecule has 3 fully saturated rings. The number of hydrogen-bond acceptors (Lipinski definition) is 6. The molecule has 8 heteroatoms. The number of ketones is 1. The predicted octanol–water partition coefficient (Wildman–Crippen LogP) is 8.16. The van der Waals surface area contributed by atoms with Crippen molar-refractivity contribution in [2.45, 2.75) is 140 Å². The van der Waals surface area contributed by atoms with Crippen LogP contribution in [-0.2, 0) is 28.8 Å². The first kappa shape index (κ1) is 36.0. The standard InChI is InChI=1S/C36H55IO6S/c1-7-9-13-29-21-36(23-37)35(41-29)17-16-28(43-36)19-25(4)26(5)32(38)20-34-31(27(6)33(42-34)18-24(3)8-2)22-44(39,40)30-14-11-10-12-15-30/h10-12,14-15,24-25,27-29,31,33-35H,5,7-9,13,16-23H2,1-4,6H3/t24-,25-,27-,28-,29+,31-,33-,34?,35+,36-/m1/s1. The van der Waals surface area contributed by atoms with Crippen LogP contribution in [-0.4, -0.2) is 60.5 Å². The molecule has 0 radical (unpaired) electrons. The van der Waals surface area contributed by atoms with Crippen LogP contribution in [0.1, 0.15) is 98.8 Å². The molecule has 0 N–H and O–H groups in total. The minimum atomic E-state index is -3.52. The summed E-state index contributed by atoms with van der Waals surface area (Å²) in [5.41, 5.74) is 0.358. The molecule has 44 heavy (non-hydrogen) atoms. The fraction of sp³-hybridized carbons (Fsp3) is 0.750. The van der Waals surface area contributed by atoms with E-state index in [-0.39, 0.29) is 65.7 Å². The van der Waals surface area contributed by atoms with Gasteiger partial charge in [0.2, 0.25) is 0 Å². The van der Waals surface area contributed by atoms with E-state index < -0.39 is 15.9 Å². The zero-order valence-corrected chi connectivity index (χ0v) is 30.5. The second-order valence-electron chi connectivity index (χ2n) is 14.0. The molecular weight excluding hydrogens is 687 g/mol. The Hall–Kier alpha value is -0.810. The normalized spacial score (nSPS) is 33.5. The molecule has 248 valence electrons. The van der Waals surface area contributed by atoms with Gasteiger partial charge in [0.25, 0.3) is 0 Å². The van der Waals surface area contributed by atoms with Gasteiger partial charge in [-0.2, -0.15) is 0 Å². The predicted molar refractivity (Wildman–Crippen MR) is 185 cm³/mol. The molecular formula is C36H55IO6S. The Morgan fingerprint density at radius 3 is 2.45 bits per heavy atom. The topological polar surface area (TPSA) is 78.9 Å². The number of Topliss-reactive ketones (excluding diaryl/α,β-unsaturated/α-hetero) is 1. The van der Waals surface area contributed by atoms with Crippen LogP contribution in [0.15, 0.2) is 47.4 Å². The molecule has 6 nitrogen and oxygen atoms in total. The van der Waals surface area contributed by atoms with E-state index in [1.54, 1.807) is 24.3 Å². The first-order chi connectivity index (χ1) is 20.9. The molecule has 1 aromatic rings. The highest BCUT2D eigenvalue weighted by molar-refractivity contribution is 14.1. The maximum Gasteiger partial charge on any atom is 0.178 e. The zero-order chi connectivity index (χ0) is 32.1. The molecule has 3 aliphatic rings. The van der Waals surface area contributed by atoms with E-state index in [1.165, 1.54) is 12.8 Å². The summed E-state index contributed by atoms with van der Waals surface area (Å²) in [6.45, 7) is 15.0. The van der Waals surface area contributed by atoms with E-state index in [0.29, 0.717) is 16.4 Å². The number of carbonyl (C=O) groups excluding carboxylic acids is 1. The van der Waals surface area contributed by atoms with Gasteiger partial charge in [0.05, 0.1) is 41.2 Å². The van der Waals surface area contributed by atoms with Crippen LogP contribution >= 0.6 is 22.6 Å². The number of fused-ring (bicyclic) bond motifs is 1. The quantitative estimate of drug-likeness (QED) is 0.0967. The third kappa shape index (κ3) is 8.55. The number of halogens is 1. The maximum atomic E-state index is 13.7. The Labute approximate surface area is 280 Å². The lowest BCUT2D eigenvalue weighted by Crippen LogP contribution is -2.50. The van der Waals surface area contributed by atoms with E-state index >= 15 is 0 Å². The Bertz CT molecular complexity index is 1200. The van der Waals surface area contributed by atoms with Crippen molar-refractivity contribution >= 4 is 38.2 Å². The average molecular weight is 743 g/mol. The van der Waals surface area contributed by atoms with Gasteiger partial charge < -0.3 is 14.2 Å². The molecule has 3 aliphatic heterocycles. The molecule has 0 aliphatic carbocycles. The zero-order valence-electron chi connectivity index (χ0n) is 27.5. The summed E-state index contributed by atoms with van der Waals surface area (Å²) < 4.78 is 47.6. The van der Waals surface area contributed by atoms with Gasteiger partial charge in [0.1, 0.15) is 5.60 Å². The van der Waals surface area contributed by atoms with Crippen LogP contribution in [0.25, 0.3) is 0 Å². The smallest absolute Gasteiger partial charge is 0.178 e. The number of sulfone groups is 1. The van der Waals surface area contributed by atoms with Gasteiger partial charge in [-0.15, -0.1) is 0 Å². The van der Waals surface area contributed by atoms with Crippen molar-refractivity contribution in [3.63, 3.8) is 0 Å². The van der Waals surface area contributed by atoms with Crippen molar-refractivity contribution in [3.05, 3.63) is 42.5 Å². The van der Waals surface area contributed by atoms with Gasteiger partial charge >= 0.3 is 0 Å². The van der Waals surface area contributed by atoms with Gasteiger partial charge in [-0.25, -0.2) is 8.42 Å². The fourth-order valence-corrected chi connectivity index (χ4v) is 10.3. The lowest BCUT2D eigenvalue weighted by Gasteiger charge is -2.42. The van der Waals surface area contributed by atoms with Crippen molar-refractivity contribution in [3.8, 4) is 0 Å². The number of allylic oxidation sites excluding steroid dienone is 1. The third-order valence-electron chi connectivity index (χ3n) is 10.7. The summed E-state index contributed by atoms with van der Waals surface area (Å²) in [4.78, 5) is 14.0. The number of carbonyl (C=O) groups is 1. The number of hydrogen-bond donors (Lipinski definition) is 0. The largest absolute Gasteiger partial charge is 0.374 e. The number of unbranched alkanes of at least 4 members (excludes halogenated alkanes) is 1. The highest BCUT2D eigenvalue weighted by atomic mass is 127. The molecule has 4 rings (SSSR count). The van der Waals surface area contributed by atoms with E-state index in [2.05, 4.69) is 63.8 Å². The van der Waals surface area contributed by atoms with Crippen LogP contribution in [0.2, 0.25) is 0 Å². The van der Waals surface area contributed by atoms with E-state index in [4.69, 9.17) is 14.2 Å². The van der Waals surface area contributed by atoms with Crippen molar-refractivity contribution < 1.29 is 27.4 Å². The van der Waals surface area contributed by atoms with Gasteiger partial charge in [-0.3, -0.25) is 4.79 Å². The second kappa shape index (κ2) is 15.9. The highest BCUT2D eigenvalue weighted by Crippen LogP contribution is 2.45. The number of alkyl halides is 1. The van der Waals surface area contributed by atoms with E-state index in [1.807, 2.05) is 6.07 Å². The van der Waals surface area contributed by atoms with Crippen LogP contribution in [0.5, 0.6) is 0 Å². The number of rotatable bonds is 16. The summed E-state index contributed by atoms with van der Waals surface area (Å²) in [6, 6.07) is 8.62. The first-order valence-electron chi connectivity index (χ1n) is 17.0. The van der Waals surface area contributed by atoms with Crippen molar-refractivity contribution in [1.82, 2.24) is 0 Å². The van der Waals surface area contributed by atoms with E-state index in [0.717, 1.165) is 49.4 Å². The molecule has 1 aromatic carbocycles. The molecule has 10 atom stereocenters. The third-order valence-corrected chi connectivity index (χ3v) is 13.8. The average Bonchev–Trinajstić information content (AvgIpc) is 3.52. The Balaban J connectivity index is 1.40. The minimum absolute atomic E-state index is 0.0219. The van der Waals surface area contributed by atoms with Gasteiger partial charge in [-0.05, 0) is 67.6 Å². The highest BCUT2D eigenvalue weighted by Gasteiger charge is 2.52. The fourth-order valence-electron chi connectivity index (χ4n) is 7.50. The van der Waals surface area contributed by atoms with Crippen molar-refractivity contribution in [2.24, 2.45) is 23.7 Å². The van der Waals surface area contributed by atoms with Gasteiger partial charge in [-0.1, -0.05) is 101 Å². The molecule has 0 spiro atoms.